The van der Waals surface area contributed by atoms with Crippen LogP contribution < -0.4 is 10.2 Å². The van der Waals surface area contributed by atoms with Crippen molar-refractivity contribution >= 4 is 11.6 Å². The van der Waals surface area contributed by atoms with Gasteiger partial charge in [-0.15, -0.1) is 0 Å². The van der Waals surface area contributed by atoms with Gasteiger partial charge in [0.25, 0.3) is 0 Å². The molecule has 1 N–H and O–H groups in total. The molecule has 1 unspecified atom stereocenters. The molecule has 4 heteroatoms. The molecule has 2 saturated heterocycles. The van der Waals surface area contributed by atoms with E-state index in [2.05, 4.69) is 67.1 Å². The zero-order valence-corrected chi connectivity index (χ0v) is 16.9. The molecule has 144 valence electrons. The largest absolute Gasteiger partial charge is 0.369 e. The van der Waals surface area contributed by atoms with Crippen molar-refractivity contribution in [1.82, 2.24) is 10.2 Å². The Bertz CT molecular complexity index is 616. The van der Waals surface area contributed by atoms with Crippen LogP contribution in [0.4, 0.5) is 5.69 Å². The lowest BCUT2D eigenvalue weighted by molar-refractivity contribution is -0.128. The van der Waals surface area contributed by atoms with Gasteiger partial charge in [0.05, 0.1) is 5.41 Å². The number of anilines is 1. The Hall–Kier alpha value is -1.55. The molecule has 0 saturated carbocycles. The summed E-state index contributed by atoms with van der Waals surface area (Å²) in [6.45, 7) is 14.1. The number of nitrogens with one attached hydrogen (secondary N) is 1. The Balaban J connectivity index is 1.56. The second kappa shape index (κ2) is 7.99. The number of para-hydroxylation sites is 1. The molecule has 0 spiro atoms. The number of amides is 1. The lowest BCUT2D eigenvalue weighted by Gasteiger charge is -2.38. The average molecular weight is 358 g/mol. The zero-order chi connectivity index (χ0) is 18.7. The van der Waals surface area contributed by atoms with Crippen LogP contribution in [0.1, 0.15) is 58.4 Å². The van der Waals surface area contributed by atoms with Crippen molar-refractivity contribution < 1.29 is 4.79 Å². The summed E-state index contributed by atoms with van der Waals surface area (Å²) in [5.74, 6) is 0.825. The molecule has 2 fully saturated rings. The number of hydrogen-bond donors (Lipinski definition) is 1. The molecular formula is C22H35N3O. The van der Waals surface area contributed by atoms with Gasteiger partial charge in [-0.25, -0.2) is 0 Å². The van der Waals surface area contributed by atoms with Crippen molar-refractivity contribution in [3.8, 4) is 0 Å². The van der Waals surface area contributed by atoms with E-state index in [1.54, 1.807) is 0 Å². The molecule has 3 rings (SSSR count). The number of carbonyl (C=O) groups excluding carboxylic acids is 1. The highest BCUT2D eigenvalue weighted by Crippen LogP contribution is 2.37. The maximum atomic E-state index is 12.4. The molecular weight excluding hydrogens is 322 g/mol. The molecule has 2 aliphatic rings. The highest BCUT2D eigenvalue weighted by molar-refractivity contribution is 5.85. The molecule has 2 heterocycles. The summed E-state index contributed by atoms with van der Waals surface area (Å²) in [6, 6.07) is 9.13. The third kappa shape index (κ3) is 3.75. The van der Waals surface area contributed by atoms with Gasteiger partial charge in [-0.2, -0.15) is 0 Å². The van der Waals surface area contributed by atoms with Crippen LogP contribution in [0.25, 0.3) is 0 Å². The van der Waals surface area contributed by atoms with Crippen LogP contribution in [-0.2, 0) is 4.79 Å². The number of hydrogen-bond acceptors (Lipinski definition) is 3. The molecule has 0 radical (unpaired) electrons. The first-order valence-electron chi connectivity index (χ1n) is 10.4. The van der Waals surface area contributed by atoms with Gasteiger partial charge in [0.1, 0.15) is 0 Å². The predicted octanol–water partition coefficient (Wildman–Crippen LogP) is 3.63. The quantitative estimate of drug-likeness (QED) is 0.844. The number of carbonyl (C=O) groups is 1. The summed E-state index contributed by atoms with van der Waals surface area (Å²) < 4.78 is 0. The molecule has 4 nitrogen and oxygen atoms in total. The number of benzene rings is 1. The third-order valence-corrected chi connectivity index (χ3v) is 6.56. The van der Waals surface area contributed by atoms with E-state index in [0.717, 1.165) is 52.0 Å². The third-order valence-electron chi connectivity index (χ3n) is 6.56. The number of nitrogens with zero attached hydrogens (tertiary/aromatic N) is 2. The summed E-state index contributed by atoms with van der Waals surface area (Å²) in [7, 11) is 0. The van der Waals surface area contributed by atoms with Gasteiger partial charge in [0.15, 0.2) is 0 Å². The van der Waals surface area contributed by atoms with E-state index >= 15 is 0 Å². The minimum absolute atomic E-state index is 0.122. The second-order valence-corrected chi connectivity index (χ2v) is 8.36. The van der Waals surface area contributed by atoms with Gasteiger partial charge in [0, 0.05) is 44.5 Å². The molecule has 0 aromatic heterocycles. The predicted molar refractivity (Wildman–Crippen MR) is 109 cm³/mol. The first kappa shape index (κ1) is 19.2. The van der Waals surface area contributed by atoms with Crippen LogP contribution in [0.2, 0.25) is 0 Å². The lowest BCUT2D eigenvalue weighted by Crippen LogP contribution is -2.50. The van der Waals surface area contributed by atoms with Gasteiger partial charge in [-0.3, -0.25) is 9.69 Å². The average Bonchev–Trinajstić information content (AvgIpc) is 2.98. The summed E-state index contributed by atoms with van der Waals surface area (Å²) >= 11 is 0. The van der Waals surface area contributed by atoms with Gasteiger partial charge in [-0.05, 0) is 36.8 Å². The molecule has 26 heavy (non-hydrogen) atoms. The number of rotatable bonds is 6. The van der Waals surface area contributed by atoms with Crippen molar-refractivity contribution in [3.05, 3.63) is 29.8 Å². The monoisotopic (exact) mass is 357 g/mol. The van der Waals surface area contributed by atoms with Gasteiger partial charge in [-0.1, -0.05) is 45.9 Å². The maximum Gasteiger partial charge on any atom is 0.226 e. The van der Waals surface area contributed by atoms with Crippen LogP contribution in [0.3, 0.4) is 0 Å². The van der Waals surface area contributed by atoms with Crippen molar-refractivity contribution in [1.29, 1.82) is 0 Å². The van der Waals surface area contributed by atoms with Crippen molar-refractivity contribution in [2.75, 3.05) is 37.6 Å². The fourth-order valence-electron chi connectivity index (χ4n) is 4.67. The number of piperazine rings is 1. The molecule has 1 atom stereocenters. The fraction of sp³-hybridized carbons (Fsp3) is 0.682. The summed E-state index contributed by atoms with van der Waals surface area (Å²) in [5.41, 5.74) is 2.72. The van der Waals surface area contributed by atoms with Crippen LogP contribution in [0.15, 0.2) is 24.3 Å². The standard InChI is InChI=1S/C22H35N3O/c1-5-22(6-2)15-18(23-21(22)26)16-24-11-13-25(14-12-24)20-10-8-7-9-19(20)17(3)4/h7-10,17-18H,5-6,11-16H2,1-4H3,(H,23,26). The van der Waals surface area contributed by atoms with E-state index in [4.69, 9.17) is 0 Å². The van der Waals surface area contributed by atoms with Crippen molar-refractivity contribution in [3.63, 3.8) is 0 Å². The Kier molecular flexibility index (Phi) is 5.91. The summed E-state index contributed by atoms with van der Waals surface area (Å²) in [4.78, 5) is 17.5. The molecule has 1 aromatic rings. The minimum Gasteiger partial charge on any atom is -0.369 e. The van der Waals surface area contributed by atoms with E-state index in [1.807, 2.05) is 0 Å². The Morgan fingerprint density at radius 3 is 2.35 bits per heavy atom. The normalized spacial score (nSPS) is 23.5. The van der Waals surface area contributed by atoms with Crippen LogP contribution in [-0.4, -0.2) is 49.6 Å². The van der Waals surface area contributed by atoms with Gasteiger partial charge >= 0.3 is 0 Å². The van der Waals surface area contributed by atoms with Crippen molar-refractivity contribution in [2.45, 2.75) is 58.9 Å². The summed E-state index contributed by atoms with van der Waals surface area (Å²) in [6.07, 6.45) is 2.90. The Morgan fingerprint density at radius 1 is 1.12 bits per heavy atom. The Labute approximate surface area is 158 Å². The second-order valence-electron chi connectivity index (χ2n) is 8.36. The molecule has 2 aliphatic heterocycles. The first-order chi connectivity index (χ1) is 12.5. The fourth-order valence-corrected chi connectivity index (χ4v) is 4.67. The van der Waals surface area contributed by atoms with E-state index in [1.165, 1.54) is 11.3 Å². The Morgan fingerprint density at radius 2 is 1.77 bits per heavy atom. The van der Waals surface area contributed by atoms with E-state index < -0.39 is 0 Å². The SMILES string of the molecule is CCC1(CC)CC(CN2CCN(c3ccccc3C(C)C)CC2)NC1=O. The first-order valence-corrected chi connectivity index (χ1v) is 10.4. The van der Waals surface area contributed by atoms with Crippen LogP contribution in [0, 0.1) is 5.41 Å². The van der Waals surface area contributed by atoms with Crippen LogP contribution >= 0.6 is 0 Å². The smallest absolute Gasteiger partial charge is 0.226 e. The topological polar surface area (TPSA) is 35.6 Å². The van der Waals surface area contributed by atoms with Crippen LogP contribution in [0.5, 0.6) is 0 Å². The molecule has 1 amide bonds. The van der Waals surface area contributed by atoms with E-state index in [0.29, 0.717) is 12.0 Å². The lowest BCUT2D eigenvalue weighted by atomic mass is 9.79. The van der Waals surface area contributed by atoms with E-state index in [9.17, 15) is 4.79 Å². The van der Waals surface area contributed by atoms with E-state index in [-0.39, 0.29) is 11.3 Å². The minimum atomic E-state index is -0.122. The zero-order valence-electron chi connectivity index (χ0n) is 16.9. The van der Waals surface area contributed by atoms with Crippen molar-refractivity contribution in [2.24, 2.45) is 5.41 Å². The molecule has 0 bridgehead atoms. The summed E-state index contributed by atoms with van der Waals surface area (Å²) in [5, 5.41) is 3.27. The van der Waals surface area contributed by atoms with Gasteiger partial charge in [0.2, 0.25) is 5.91 Å². The van der Waals surface area contributed by atoms with Gasteiger partial charge < -0.3 is 10.2 Å². The highest BCUT2D eigenvalue weighted by Gasteiger charge is 2.44. The molecule has 0 aliphatic carbocycles. The maximum absolute atomic E-state index is 12.4. The molecule has 1 aromatic carbocycles. The highest BCUT2D eigenvalue weighted by atomic mass is 16.2.